The van der Waals surface area contributed by atoms with Crippen LogP contribution in [0, 0.1) is 16.0 Å². The molecule has 2 heterocycles. The minimum atomic E-state index is -0.413. The van der Waals surface area contributed by atoms with Crippen LogP contribution in [0.15, 0.2) is 36.7 Å². The van der Waals surface area contributed by atoms with E-state index in [9.17, 15) is 14.9 Å². The van der Waals surface area contributed by atoms with Gasteiger partial charge in [0.15, 0.2) is 0 Å². The number of aryl methyl sites for hydroxylation is 1. The van der Waals surface area contributed by atoms with Gasteiger partial charge in [0.2, 0.25) is 5.91 Å². The van der Waals surface area contributed by atoms with E-state index in [-0.39, 0.29) is 42.4 Å². The summed E-state index contributed by atoms with van der Waals surface area (Å²) < 4.78 is 1.73. The standard InChI is InChI=1S/C17H21N5O3.ClH/c1-20(10-12-5-3-4-6-16(12)22(24)25)17(23)15-9-18-8-14(15)13-7-19-21(2)11-13;/h3-7,11,14-15,18H,8-10H2,1-2H3;1H/t14-,15+;/m1./s1. The van der Waals surface area contributed by atoms with E-state index in [0.29, 0.717) is 12.1 Å². The molecule has 1 saturated heterocycles. The predicted octanol–water partition coefficient (Wildman–Crippen LogP) is 1.71. The fourth-order valence-electron chi connectivity index (χ4n) is 3.36. The first kappa shape index (κ1) is 19.9. The Kier molecular flexibility index (Phi) is 6.33. The molecule has 2 aromatic rings. The number of carbonyl (C=O) groups excluding carboxylic acids is 1. The van der Waals surface area contributed by atoms with Gasteiger partial charge in [0.25, 0.3) is 5.69 Å². The molecule has 0 aliphatic carbocycles. The van der Waals surface area contributed by atoms with Crippen molar-refractivity contribution in [3.63, 3.8) is 0 Å². The number of halogens is 1. The van der Waals surface area contributed by atoms with Gasteiger partial charge >= 0.3 is 0 Å². The maximum Gasteiger partial charge on any atom is 0.274 e. The Morgan fingerprint density at radius 3 is 2.81 bits per heavy atom. The molecule has 1 aliphatic rings. The van der Waals surface area contributed by atoms with Crippen LogP contribution in [0.3, 0.4) is 0 Å². The van der Waals surface area contributed by atoms with Crippen molar-refractivity contribution in [2.24, 2.45) is 13.0 Å². The molecule has 0 unspecified atom stereocenters. The SMILES string of the molecule is CN(Cc1ccccc1[N+](=O)[O-])C(=O)[C@H]1CNC[C@@H]1c1cnn(C)c1.Cl. The van der Waals surface area contributed by atoms with Crippen LogP contribution in [0.5, 0.6) is 0 Å². The molecule has 2 atom stereocenters. The third-order valence-corrected chi connectivity index (χ3v) is 4.66. The summed E-state index contributed by atoms with van der Waals surface area (Å²) >= 11 is 0. The summed E-state index contributed by atoms with van der Waals surface area (Å²) in [4.78, 5) is 25.2. The van der Waals surface area contributed by atoms with Gasteiger partial charge in [-0.2, -0.15) is 5.10 Å². The number of benzene rings is 1. The average Bonchev–Trinajstić information content (AvgIpc) is 3.22. The summed E-state index contributed by atoms with van der Waals surface area (Å²) in [6.07, 6.45) is 3.72. The number of aromatic nitrogens is 2. The molecular formula is C17H22ClN5O3. The Hall–Kier alpha value is -2.45. The Morgan fingerprint density at radius 1 is 1.42 bits per heavy atom. The molecular weight excluding hydrogens is 358 g/mol. The monoisotopic (exact) mass is 379 g/mol. The van der Waals surface area contributed by atoms with Crippen molar-refractivity contribution in [3.8, 4) is 0 Å². The van der Waals surface area contributed by atoms with Crippen LogP contribution < -0.4 is 5.32 Å². The van der Waals surface area contributed by atoms with Gasteiger partial charge in [-0.1, -0.05) is 18.2 Å². The summed E-state index contributed by atoms with van der Waals surface area (Å²) in [7, 11) is 3.54. The number of nitrogens with one attached hydrogen (secondary N) is 1. The van der Waals surface area contributed by atoms with Crippen molar-refractivity contribution < 1.29 is 9.72 Å². The Morgan fingerprint density at radius 2 is 2.15 bits per heavy atom. The van der Waals surface area contributed by atoms with Gasteiger partial charge in [0.1, 0.15) is 0 Å². The number of nitro groups is 1. The smallest absolute Gasteiger partial charge is 0.274 e. The minimum Gasteiger partial charge on any atom is -0.341 e. The van der Waals surface area contributed by atoms with Crippen LogP contribution in [0.1, 0.15) is 17.0 Å². The van der Waals surface area contributed by atoms with Gasteiger partial charge in [-0.15, -0.1) is 12.4 Å². The van der Waals surface area contributed by atoms with Crippen molar-refractivity contribution in [2.75, 3.05) is 20.1 Å². The fraction of sp³-hybridized carbons (Fsp3) is 0.412. The highest BCUT2D eigenvalue weighted by molar-refractivity contribution is 5.85. The largest absolute Gasteiger partial charge is 0.341 e. The van der Waals surface area contributed by atoms with Gasteiger partial charge in [0, 0.05) is 50.9 Å². The fourth-order valence-corrected chi connectivity index (χ4v) is 3.36. The zero-order valence-corrected chi connectivity index (χ0v) is 15.5. The van der Waals surface area contributed by atoms with Crippen LogP contribution in [-0.4, -0.2) is 45.6 Å². The van der Waals surface area contributed by atoms with E-state index in [1.807, 2.05) is 13.2 Å². The summed E-state index contributed by atoms with van der Waals surface area (Å²) in [6.45, 7) is 1.54. The number of carbonyl (C=O) groups is 1. The second kappa shape index (κ2) is 8.29. The maximum absolute atomic E-state index is 12.9. The molecule has 0 bridgehead atoms. The molecule has 1 N–H and O–H groups in total. The maximum atomic E-state index is 12.9. The molecule has 140 valence electrons. The highest BCUT2D eigenvalue weighted by Gasteiger charge is 2.36. The zero-order chi connectivity index (χ0) is 18.0. The average molecular weight is 380 g/mol. The number of para-hydroxylation sites is 1. The molecule has 1 aliphatic heterocycles. The van der Waals surface area contributed by atoms with Crippen molar-refractivity contribution >= 4 is 24.0 Å². The molecule has 8 nitrogen and oxygen atoms in total. The molecule has 1 aromatic heterocycles. The van der Waals surface area contributed by atoms with E-state index in [2.05, 4.69) is 10.4 Å². The molecule has 3 rings (SSSR count). The lowest BCUT2D eigenvalue weighted by atomic mass is 9.90. The quantitative estimate of drug-likeness (QED) is 0.630. The lowest BCUT2D eigenvalue weighted by Crippen LogP contribution is -2.35. The first-order chi connectivity index (χ1) is 12.0. The van der Waals surface area contributed by atoms with Crippen LogP contribution in [0.25, 0.3) is 0 Å². The van der Waals surface area contributed by atoms with E-state index >= 15 is 0 Å². The molecule has 0 saturated carbocycles. The third-order valence-electron chi connectivity index (χ3n) is 4.66. The van der Waals surface area contributed by atoms with Crippen molar-refractivity contribution in [3.05, 3.63) is 57.9 Å². The highest BCUT2D eigenvalue weighted by Crippen LogP contribution is 2.30. The highest BCUT2D eigenvalue weighted by atomic mass is 35.5. The molecule has 1 aromatic carbocycles. The lowest BCUT2D eigenvalue weighted by Gasteiger charge is -2.24. The predicted molar refractivity (Wildman–Crippen MR) is 99.1 cm³/mol. The van der Waals surface area contributed by atoms with Crippen LogP contribution >= 0.6 is 12.4 Å². The summed E-state index contributed by atoms with van der Waals surface area (Å²) in [5.41, 5.74) is 1.60. The van der Waals surface area contributed by atoms with Crippen molar-refractivity contribution in [1.82, 2.24) is 20.0 Å². The van der Waals surface area contributed by atoms with E-state index in [1.165, 1.54) is 6.07 Å². The number of nitrogens with zero attached hydrogens (tertiary/aromatic N) is 4. The number of nitro benzene ring substituents is 1. The topological polar surface area (TPSA) is 93.3 Å². The van der Waals surface area contributed by atoms with Crippen molar-refractivity contribution in [2.45, 2.75) is 12.5 Å². The first-order valence-corrected chi connectivity index (χ1v) is 8.14. The number of rotatable bonds is 5. The second-order valence-electron chi connectivity index (χ2n) is 6.40. The van der Waals surface area contributed by atoms with E-state index in [4.69, 9.17) is 0 Å². The number of hydrogen-bond donors (Lipinski definition) is 1. The summed E-state index contributed by atoms with van der Waals surface area (Å²) in [6, 6.07) is 6.52. The van der Waals surface area contributed by atoms with Gasteiger partial charge < -0.3 is 10.2 Å². The Balaban J connectivity index is 0.00000243. The van der Waals surface area contributed by atoms with Gasteiger partial charge in [-0.25, -0.2) is 0 Å². The zero-order valence-electron chi connectivity index (χ0n) is 14.7. The van der Waals surface area contributed by atoms with Crippen LogP contribution in [-0.2, 0) is 18.4 Å². The Labute approximate surface area is 157 Å². The number of amides is 1. The number of hydrogen-bond acceptors (Lipinski definition) is 5. The normalized spacial score (nSPS) is 19.0. The van der Waals surface area contributed by atoms with Gasteiger partial charge in [0.05, 0.1) is 23.6 Å². The van der Waals surface area contributed by atoms with Crippen LogP contribution in [0.2, 0.25) is 0 Å². The van der Waals surface area contributed by atoms with E-state index < -0.39 is 4.92 Å². The molecule has 1 fully saturated rings. The molecule has 0 spiro atoms. The Bertz CT molecular complexity index is 794. The second-order valence-corrected chi connectivity index (χ2v) is 6.40. The van der Waals surface area contributed by atoms with Crippen LogP contribution in [0.4, 0.5) is 5.69 Å². The molecule has 9 heteroatoms. The lowest BCUT2D eigenvalue weighted by molar-refractivity contribution is -0.385. The van der Waals surface area contributed by atoms with E-state index in [1.54, 1.807) is 41.0 Å². The molecule has 0 radical (unpaired) electrons. The van der Waals surface area contributed by atoms with E-state index in [0.717, 1.165) is 12.1 Å². The summed E-state index contributed by atoms with van der Waals surface area (Å²) in [5.74, 6) is -0.150. The van der Waals surface area contributed by atoms with Gasteiger partial charge in [-0.3, -0.25) is 19.6 Å². The molecule has 1 amide bonds. The summed E-state index contributed by atoms with van der Waals surface area (Å²) in [5, 5.41) is 18.6. The third kappa shape index (κ3) is 4.03. The van der Waals surface area contributed by atoms with Gasteiger partial charge in [-0.05, 0) is 5.56 Å². The van der Waals surface area contributed by atoms with Crippen molar-refractivity contribution in [1.29, 1.82) is 0 Å². The minimum absolute atomic E-state index is 0. The first-order valence-electron chi connectivity index (χ1n) is 8.14. The molecule has 26 heavy (non-hydrogen) atoms.